The number of aromatic nitrogens is 2. The summed E-state index contributed by atoms with van der Waals surface area (Å²) in [5.41, 5.74) is 1.12. The van der Waals surface area contributed by atoms with E-state index in [2.05, 4.69) is 11.9 Å². The predicted octanol–water partition coefficient (Wildman–Crippen LogP) is 5.84. The number of halogens is 2. The Balaban J connectivity index is 2.05. The summed E-state index contributed by atoms with van der Waals surface area (Å²) in [7, 11) is 0. The van der Waals surface area contributed by atoms with Crippen LogP contribution in [0.2, 0.25) is 5.02 Å². The number of aryl methyl sites for hydroxylation is 1. The smallest absolute Gasteiger partial charge is 0.332 e. The molecule has 1 N–H and O–H groups in total. The maximum atomic E-state index is 14.8. The van der Waals surface area contributed by atoms with E-state index in [1.807, 2.05) is 35.7 Å². The maximum Gasteiger partial charge on any atom is 0.332 e. The Bertz CT molecular complexity index is 1010. The summed E-state index contributed by atoms with van der Waals surface area (Å²) < 4.78 is 16.5. The fourth-order valence-electron chi connectivity index (χ4n) is 3.07. The van der Waals surface area contributed by atoms with Gasteiger partial charge in [-0.2, -0.15) is 4.39 Å². The van der Waals surface area contributed by atoms with Crippen LogP contribution in [0.15, 0.2) is 47.4 Å². The van der Waals surface area contributed by atoms with Crippen molar-refractivity contribution in [3.8, 4) is 0 Å². The van der Waals surface area contributed by atoms with Gasteiger partial charge in [0.25, 0.3) is 0 Å². The Kier molecular flexibility index (Phi) is 7.23. The molecule has 0 saturated heterocycles. The van der Waals surface area contributed by atoms with Crippen molar-refractivity contribution in [3.05, 3.63) is 80.3 Å². The van der Waals surface area contributed by atoms with Crippen LogP contribution in [-0.2, 0) is 24.2 Å². The van der Waals surface area contributed by atoms with Crippen molar-refractivity contribution in [2.24, 2.45) is 0 Å². The minimum atomic E-state index is -1.07. The van der Waals surface area contributed by atoms with Crippen LogP contribution in [-0.4, -0.2) is 20.6 Å². The van der Waals surface area contributed by atoms with Gasteiger partial charge in [0.15, 0.2) is 0 Å². The van der Waals surface area contributed by atoms with Crippen LogP contribution in [0.4, 0.5) is 4.39 Å². The molecule has 152 valence electrons. The highest BCUT2D eigenvalue weighted by Crippen LogP contribution is 2.24. The third-order valence-corrected chi connectivity index (χ3v) is 5.86. The number of carbonyl (C=O) groups is 1. The Morgan fingerprint density at radius 1 is 1.31 bits per heavy atom. The van der Waals surface area contributed by atoms with Gasteiger partial charge in [0.05, 0.1) is 12.2 Å². The van der Waals surface area contributed by atoms with Crippen LogP contribution >= 0.6 is 22.9 Å². The lowest BCUT2D eigenvalue weighted by molar-refractivity contribution is -0.132. The quantitative estimate of drug-likeness (QED) is 0.432. The number of rotatable bonds is 9. The van der Waals surface area contributed by atoms with Crippen molar-refractivity contribution in [3.63, 3.8) is 0 Å². The molecule has 0 saturated carbocycles. The monoisotopic (exact) mass is 432 g/mol. The second-order valence-electron chi connectivity index (χ2n) is 6.72. The zero-order valence-corrected chi connectivity index (χ0v) is 17.6. The van der Waals surface area contributed by atoms with E-state index in [0.717, 1.165) is 23.3 Å². The topological polar surface area (TPSA) is 55.1 Å². The molecule has 0 radical (unpaired) electrons. The highest BCUT2D eigenvalue weighted by Gasteiger charge is 2.19. The fraction of sp³-hybridized carbons (Fsp3) is 0.273. The summed E-state index contributed by atoms with van der Waals surface area (Å²) in [5.74, 6) is -1.14. The zero-order valence-electron chi connectivity index (χ0n) is 16.1. The van der Waals surface area contributed by atoms with E-state index in [1.165, 1.54) is 17.4 Å². The molecule has 0 unspecified atom stereocenters. The third-order valence-electron chi connectivity index (χ3n) is 4.61. The standard InChI is InChI=1S/C22H22ClFN2O2S/c1-2-3-10-20-25-21(24)19(26(20)14-15-7-4-5-9-18(15)23)13-16(22(27)28)12-17-8-6-11-29-17/h4-9,11,13H,2-3,10,12,14H2,1H3,(H,27,28). The molecule has 3 aromatic rings. The van der Waals surface area contributed by atoms with Gasteiger partial charge in [-0.05, 0) is 35.6 Å². The molecule has 0 atom stereocenters. The molecule has 1 aromatic carbocycles. The first-order valence-electron chi connectivity index (χ1n) is 9.44. The van der Waals surface area contributed by atoms with Gasteiger partial charge in [-0.1, -0.05) is 49.2 Å². The third kappa shape index (κ3) is 5.34. The van der Waals surface area contributed by atoms with E-state index in [0.29, 0.717) is 23.8 Å². The van der Waals surface area contributed by atoms with Crippen LogP contribution < -0.4 is 0 Å². The number of nitrogens with zero attached hydrogens (tertiary/aromatic N) is 2. The van der Waals surface area contributed by atoms with Crippen LogP contribution in [0.3, 0.4) is 0 Å². The van der Waals surface area contributed by atoms with Crippen LogP contribution in [0.1, 0.15) is 41.7 Å². The van der Waals surface area contributed by atoms with E-state index in [4.69, 9.17) is 11.6 Å². The number of unbranched alkanes of at least 4 members (excludes halogenated alkanes) is 1. The summed E-state index contributed by atoms with van der Waals surface area (Å²) in [6.07, 6.45) is 4.05. The van der Waals surface area contributed by atoms with Gasteiger partial charge in [-0.3, -0.25) is 0 Å². The minimum absolute atomic E-state index is 0.119. The second-order valence-corrected chi connectivity index (χ2v) is 8.16. The van der Waals surface area contributed by atoms with E-state index < -0.39 is 11.9 Å². The number of benzene rings is 1. The lowest BCUT2D eigenvalue weighted by Crippen LogP contribution is -2.10. The number of carboxylic acids is 1. The summed E-state index contributed by atoms with van der Waals surface area (Å²) >= 11 is 7.78. The lowest BCUT2D eigenvalue weighted by Gasteiger charge is -2.12. The highest BCUT2D eigenvalue weighted by molar-refractivity contribution is 7.09. The SMILES string of the molecule is CCCCc1nc(F)c(C=C(Cc2cccs2)C(=O)O)n1Cc1ccccc1Cl. The molecule has 0 aliphatic heterocycles. The summed E-state index contributed by atoms with van der Waals surface area (Å²) in [6.45, 7) is 2.38. The van der Waals surface area contributed by atoms with E-state index >= 15 is 0 Å². The fourth-order valence-corrected chi connectivity index (χ4v) is 4.00. The minimum Gasteiger partial charge on any atom is -0.478 e. The van der Waals surface area contributed by atoms with Gasteiger partial charge >= 0.3 is 5.97 Å². The molecule has 3 rings (SSSR count). The van der Waals surface area contributed by atoms with Crippen LogP contribution in [0.5, 0.6) is 0 Å². The van der Waals surface area contributed by atoms with Crippen molar-refractivity contribution in [2.75, 3.05) is 0 Å². The molecule has 0 amide bonds. The highest BCUT2D eigenvalue weighted by atomic mass is 35.5. The van der Waals surface area contributed by atoms with Gasteiger partial charge in [0, 0.05) is 28.3 Å². The summed E-state index contributed by atoms with van der Waals surface area (Å²) in [6, 6.07) is 11.1. The van der Waals surface area contributed by atoms with Gasteiger partial charge in [-0.25, -0.2) is 9.78 Å². The number of carboxylic acid groups (broad SMARTS) is 1. The normalized spacial score (nSPS) is 11.8. The first-order valence-corrected chi connectivity index (χ1v) is 10.7. The average molecular weight is 433 g/mol. The first kappa shape index (κ1) is 21.3. The lowest BCUT2D eigenvalue weighted by atomic mass is 10.1. The van der Waals surface area contributed by atoms with E-state index in [-0.39, 0.29) is 17.7 Å². The Morgan fingerprint density at radius 2 is 2.10 bits per heavy atom. The van der Waals surface area contributed by atoms with Crippen LogP contribution in [0, 0.1) is 5.95 Å². The molecular weight excluding hydrogens is 411 g/mol. The summed E-state index contributed by atoms with van der Waals surface area (Å²) in [4.78, 5) is 16.8. The van der Waals surface area contributed by atoms with Crippen molar-refractivity contribution in [1.29, 1.82) is 0 Å². The summed E-state index contributed by atoms with van der Waals surface area (Å²) in [5, 5.41) is 12.1. The molecule has 0 aliphatic carbocycles. The molecular formula is C22H22ClFN2O2S. The molecule has 4 nitrogen and oxygen atoms in total. The van der Waals surface area contributed by atoms with E-state index in [1.54, 1.807) is 10.6 Å². The zero-order chi connectivity index (χ0) is 20.8. The largest absolute Gasteiger partial charge is 0.478 e. The molecule has 0 bridgehead atoms. The van der Waals surface area contributed by atoms with Crippen molar-refractivity contribution < 1.29 is 14.3 Å². The predicted molar refractivity (Wildman–Crippen MR) is 115 cm³/mol. The molecule has 7 heteroatoms. The number of hydrogen-bond acceptors (Lipinski definition) is 3. The molecule has 0 aliphatic rings. The van der Waals surface area contributed by atoms with Gasteiger partial charge in [0.2, 0.25) is 5.95 Å². The number of imidazole rings is 1. The number of thiophene rings is 1. The average Bonchev–Trinajstić information content (AvgIpc) is 3.30. The van der Waals surface area contributed by atoms with Crippen molar-refractivity contribution in [1.82, 2.24) is 9.55 Å². The van der Waals surface area contributed by atoms with Crippen molar-refractivity contribution >= 4 is 35.0 Å². The number of hydrogen-bond donors (Lipinski definition) is 1. The van der Waals surface area contributed by atoms with Gasteiger partial charge in [0.1, 0.15) is 5.82 Å². The second kappa shape index (κ2) is 9.85. The van der Waals surface area contributed by atoms with Gasteiger partial charge in [-0.15, -0.1) is 11.3 Å². The maximum absolute atomic E-state index is 14.8. The van der Waals surface area contributed by atoms with Gasteiger partial charge < -0.3 is 9.67 Å². The Morgan fingerprint density at radius 3 is 2.76 bits per heavy atom. The molecule has 2 aromatic heterocycles. The molecule has 0 spiro atoms. The Labute approximate surface area is 178 Å². The van der Waals surface area contributed by atoms with Crippen LogP contribution in [0.25, 0.3) is 6.08 Å². The van der Waals surface area contributed by atoms with E-state index in [9.17, 15) is 14.3 Å². The molecule has 29 heavy (non-hydrogen) atoms. The Hall–Kier alpha value is -2.44. The first-order chi connectivity index (χ1) is 14.0. The molecule has 2 heterocycles. The molecule has 0 fully saturated rings. The van der Waals surface area contributed by atoms with Crippen molar-refractivity contribution in [2.45, 2.75) is 39.2 Å². The number of aliphatic carboxylic acids is 1.